The van der Waals surface area contributed by atoms with E-state index >= 15 is 0 Å². The molecule has 1 amide bonds. The molecule has 0 unspecified atom stereocenters. The second kappa shape index (κ2) is 6.37. The Kier molecular flexibility index (Phi) is 4.56. The fourth-order valence-corrected chi connectivity index (χ4v) is 2.53. The molecule has 2 N–H and O–H groups in total. The van der Waals surface area contributed by atoms with Gasteiger partial charge in [-0.25, -0.2) is 0 Å². The standard InChI is InChI=1S/C16H19NO3/c1-11-4-2-3-5-12(11)7-9-15(18)17-14-8-6-13(10-14)16(19)20/h2-5,7,9,13-14H,6,8,10H2,1H3,(H,17,18)(H,19,20)/b9-7+/t13-,14+/m1/s1. The van der Waals surface area contributed by atoms with E-state index < -0.39 is 5.97 Å². The number of carbonyl (C=O) groups excluding carboxylic acids is 1. The van der Waals surface area contributed by atoms with Crippen LogP contribution in [0.15, 0.2) is 30.3 Å². The lowest BCUT2D eigenvalue weighted by atomic mass is 10.1. The van der Waals surface area contributed by atoms with Crippen LogP contribution < -0.4 is 5.32 Å². The average molecular weight is 273 g/mol. The smallest absolute Gasteiger partial charge is 0.306 e. The van der Waals surface area contributed by atoms with Crippen LogP contribution in [-0.2, 0) is 9.59 Å². The van der Waals surface area contributed by atoms with Crippen LogP contribution in [-0.4, -0.2) is 23.0 Å². The predicted molar refractivity (Wildman–Crippen MR) is 77.1 cm³/mol. The minimum Gasteiger partial charge on any atom is -0.481 e. The van der Waals surface area contributed by atoms with Crippen molar-refractivity contribution >= 4 is 18.0 Å². The fourth-order valence-electron chi connectivity index (χ4n) is 2.53. The summed E-state index contributed by atoms with van der Waals surface area (Å²) in [4.78, 5) is 22.7. The molecule has 20 heavy (non-hydrogen) atoms. The molecular weight excluding hydrogens is 254 g/mol. The largest absolute Gasteiger partial charge is 0.481 e. The first-order valence-corrected chi connectivity index (χ1v) is 6.83. The number of aryl methyl sites for hydroxylation is 1. The average Bonchev–Trinajstić information content (AvgIpc) is 2.86. The lowest BCUT2D eigenvalue weighted by Crippen LogP contribution is -2.31. The van der Waals surface area contributed by atoms with Crippen molar-refractivity contribution in [3.63, 3.8) is 0 Å². The molecule has 0 saturated heterocycles. The number of nitrogens with one attached hydrogen (secondary N) is 1. The monoisotopic (exact) mass is 273 g/mol. The quantitative estimate of drug-likeness (QED) is 0.828. The van der Waals surface area contributed by atoms with Crippen molar-refractivity contribution in [2.45, 2.75) is 32.2 Å². The minimum atomic E-state index is -0.766. The van der Waals surface area contributed by atoms with Gasteiger partial charge in [-0.05, 0) is 43.4 Å². The maximum atomic E-state index is 11.8. The number of amides is 1. The van der Waals surface area contributed by atoms with Gasteiger partial charge in [0.15, 0.2) is 0 Å². The molecule has 2 atom stereocenters. The zero-order valence-corrected chi connectivity index (χ0v) is 11.5. The first-order chi connectivity index (χ1) is 9.56. The molecule has 1 aromatic rings. The Morgan fingerprint density at radius 3 is 2.70 bits per heavy atom. The summed E-state index contributed by atoms with van der Waals surface area (Å²) in [6.07, 6.45) is 5.20. The lowest BCUT2D eigenvalue weighted by Gasteiger charge is -2.10. The zero-order valence-electron chi connectivity index (χ0n) is 11.5. The van der Waals surface area contributed by atoms with Crippen molar-refractivity contribution < 1.29 is 14.7 Å². The molecule has 0 bridgehead atoms. The van der Waals surface area contributed by atoms with Crippen molar-refractivity contribution in [1.29, 1.82) is 0 Å². The van der Waals surface area contributed by atoms with Crippen molar-refractivity contribution in [2.75, 3.05) is 0 Å². The van der Waals surface area contributed by atoms with Gasteiger partial charge >= 0.3 is 5.97 Å². The molecule has 1 saturated carbocycles. The second-order valence-corrected chi connectivity index (χ2v) is 5.24. The maximum Gasteiger partial charge on any atom is 0.306 e. The van der Waals surface area contributed by atoms with Gasteiger partial charge in [0.25, 0.3) is 0 Å². The number of benzene rings is 1. The van der Waals surface area contributed by atoms with Crippen LogP contribution in [0.2, 0.25) is 0 Å². The van der Waals surface area contributed by atoms with Gasteiger partial charge in [-0.3, -0.25) is 9.59 Å². The van der Waals surface area contributed by atoms with E-state index in [0.29, 0.717) is 12.8 Å². The van der Waals surface area contributed by atoms with Gasteiger partial charge in [0.1, 0.15) is 0 Å². The normalized spacial score (nSPS) is 22.1. The van der Waals surface area contributed by atoms with Crippen molar-refractivity contribution in [1.82, 2.24) is 5.32 Å². The Hall–Kier alpha value is -2.10. The second-order valence-electron chi connectivity index (χ2n) is 5.24. The first kappa shape index (κ1) is 14.3. The molecule has 2 rings (SSSR count). The summed E-state index contributed by atoms with van der Waals surface area (Å²) in [6, 6.07) is 7.81. The van der Waals surface area contributed by atoms with Gasteiger partial charge < -0.3 is 10.4 Å². The van der Waals surface area contributed by atoms with E-state index in [1.165, 1.54) is 6.08 Å². The number of aliphatic carboxylic acids is 1. The number of rotatable bonds is 4. The van der Waals surface area contributed by atoms with E-state index in [0.717, 1.165) is 17.5 Å². The fraction of sp³-hybridized carbons (Fsp3) is 0.375. The lowest BCUT2D eigenvalue weighted by molar-refractivity contribution is -0.141. The molecule has 1 fully saturated rings. The molecule has 106 valence electrons. The molecule has 1 aliphatic rings. The number of hydrogen-bond donors (Lipinski definition) is 2. The summed E-state index contributed by atoms with van der Waals surface area (Å²) < 4.78 is 0. The number of carboxylic acids is 1. The molecule has 0 aliphatic heterocycles. The van der Waals surface area contributed by atoms with Gasteiger partial charge in [0.2, 0.25) is 5.91 Å². The summed E-state index contributed by atoms with van der Waals surface area (Å²) >= 11 is 0. The Balaban J connectivity index is 1.87. The third-order valence-electron chi connectivity index (χ3n) is 3.73. The maximum absolute atomic E-state index is 11.8. The number of carbonyl (C=O) groups is 2. The van der Waals surface area contributed by atoms with E-state index in [4.69, 9.17) is 5.11 Å². The van der Waals surface area contributed by atoms with Crippen LogP contribution in [0.3, 0.4) is 0 Å². The van der Waals surface area contributed by atoms with Gasteiger partial charge in [-0.1, -0.05) is 24.3 Å². The first-order valence-electron chi connectivity index (χ1n) is 6.83. The van der Waals surface area contributed by atoms with E-state index in [-0.39, 0.29) is 17.9 Å². The Bertz CT molecular complexity index is 536. The molecule has 4 heteroatoms. The molecule has 0 spiro atoms. The predicted octanol–water partition coefficient (Wildman–Crippen LogP) is 2.38. The van der Waals surface area contributed by atoms with Crippen LogP contribution in [0.1, 0.15) is 30.4 Å². The highest BCUT2D eigenvalue weighted by molar-refractivity contribution is 5.92. The Morgan fingerprint density at radius 2 is 2.05 bits per heavy atom. The van der Waals surface area contributed by atoms with Crippen LogP contribution in [0, 0.1) is 12.8 Å². The topological polar surface area (TPSA) is 66.4 Å². The molecule has 4 nitrogen and oxygen atoms in total. The van der Waals surface area contributed by atoms with E-state index in [9.17, 15) is 9.59 Å². The van der Waals surface area contributed by atoms with E-state index in [1.807, 2.05) is 31.2 Å². The summed E-state index contributed by atoms with van der Waals surface area (Å²) in [5, 5.41) is 11.8. The van der Waals surface area contributed by atoms with Crippen molar-refractivity contribution in [3.8, 4) is 0 Å². The molecule has 0 radical (unpaired) electrons. The van der Waals surface area contributed by atoms with Gasteiger partial charge in [-0.2, -0.15) is 0 Å². The summed E-state index contributed by atoms with van der Waals surface area (Å²) in [7, 11) is 0. The van der Waals surface area contributed by atoms with Gasteiger partial charge in [-0.15, -0.1) is 0 Å². The summed E-state index contributed by atoms with van der Waals surface area (Å²) in [5.41, 5.74) is 2.13. The summed E-state index contributed by atoms with van der Waals surface area (Å²) in [5.74, 6) is -1.25. The minimum absolute atomic E-state index is 0.0230. The number of carboxylic acid groups (broad SMARTS) is 1. The van der Waals surface area contributed by atoms with Crippen LogP contribution in [0.5, 0.6) is 0 Å². The molecule has 0 heterocycles. The Labute approximate surface area is 118 Å². The van der Waals surface area contributed by atoms with Crippen molar-refractivity contribution in [2.24, 2.45) is 5.92 Å². The highest BCUT2D eigenvalue weighted by Crippen LogP contribution is 2.25. The molecule has 1 aliphatic carbocycles. The van der Waals surface area contributed by atoms with Crippen LogP contribution in [0.4, 0.5) is 0 Å². The highest BCUT2D eigenvalue weighted by Gasteiger charge is 2.30. The van der Waals surface area contributed by atoms with Gasteiger partial charge in [0, 0.05) is 12.1 Å². The van der Waals surface area contributed by atoms with Gasteiger partial charge in [0.05, 0.1) is 5.92 Å². The Morgan fingerprint density at radius 1 is 1.30 bits per heavy atom. The van der Waals surface area contributed by atoms with Crippen LogP contribution in [0.25, 0.3) is 6.08 Å². The highest BCUT2D eigenvalue weighted by atomic mass is 16.4. The SMILES string of the molecule is Cc1ccccc1/C=C/C(=O)N[C@H]1CC[C@@H](C(=O)O)C1. The van der Waals surface area contributed by atoms with E-state index in [2.05, 4.69) is 5.32 Å². The molecule has 0 aromatic heterocycles. The van der Waals surface area contributed by atoms with Crippen molar-refractivity contribution in [3.05, 3.63) is 41.5 Å². The molecule has 1 aromatic carbocycles. The third kappa shape index (κ3) is 3.70. The third-order valence-corrected chi connectivity index (χ3v) is 3.73. The van der Waals surface area contributed by atoms with E-state index in [1.54, 1.807) is 6.08 Å². The number of hydrogen-bond acceptors (Lipinski definition) is 2. The molecular formula is C16H19NO3. The van der Waals surface area contributed by atoms with Crippen LogP contribution >= 0.6 is 0 Å². The zero-order chi connectivity index (χ0) is 14.5. The summed E-state index contributed by atoms with van der Waals surface area (Å²) in [6.45, 7) is 1.99.